The Bertz CT molecular complexity index is 304. The molecule has 2 N–H and O–H groups in total. The maximum atomic E-state index is 4.37. The zero-order valence-corrected chi connectivity index (χ0v) is 10.2. The highest BCUT2D eigenvalue weighted by Gasteiger charge is 2.14. The van der Waals surface area contributed by atoms with Crippen molar-refractivity contribution in [2.45, 2.75) is 17.6 Å². The summed E-state index contributed by atoms with van der Waals surface area (Å²) in [5.41, 5.74) is 0. The molecule has 2 rings (SSSR count). The molecule has 1 atom stereocenters. The number of nitrogens with zero attached hydrogens (tertiary/aromatic N) is 2. The van der Waals surface area contributed by atoms with Crippen molar-refractivity contribution in [3.05, 3.63) is 12.3 Å². The number of halogens is 1. The fourth-order valence-electron chi connectivity index (χ4n) is 1.51. The van der Waals surface area contributed by atoms with Crippen LogP contribution in [0.1, 0.15) is 6.42 Å². The summed E-state index contributed by atoms with van der Waals surface area (Å²) < 4.78 is 0. The fourth-order valence-corrected chi connectivity index (χ4v) is 1.86. The van der Waals surface area contributed by atoms with Gasteiger partial charge < -0.3 is 10.6 Å². The van der Waals surface area contributed by atoms with Crippen LogP contribution in [-0.4, -0.2) is 35.4 Å². The van der Waals surface area contributed by atoms with Crippen LogP contribution in [0, 0.1) is 0 Å². The van der Waals surface area contributed by atoms with E-state index in [1.807, 2.05) is 12.3 Å². The summed E-state index contributed by atoms with van der Waals surface area (Å²) in [5, 5.41) is 7.52. The summed E-state index contributed by atoms with van der Waals surface area (Å²) in [6.07, 6.45) is 4.94. The minimum Gasteiger partial charge on any atom is -0.366 e. The molecule has 0 amide bonds. The van der Waals surface area contributed by atoms with E-state index in [1.165, 1.54) is 6.42 Å². The van der Waals surface area contributed by atoms with Crippen LogP contribution in [0.25, 0.3) is 0 Å². The third-order valence-electron chi connectivity index (χ3n) is 2.23. The fraction of sp³-hybridized carbons (Fsp3) is 0.556. The third-order valence-corrected chi connectivity index (χ3v) is 2.79. The van der Waals surface area contributed by atoms with Crippen molar-refractivity contribution in [1.82, 2.24) is 15.3 Å². The Labute approximate surface area is 100 Å². The lowest BCUT2D eigenvalue weighted by Crippen LogP contribution is -2.22. The van der Waals surface area contributed by atoms with E-state index in [2.05, 4.69) is 20.6 Å². The maximum Gasteiger partial charge on any atom is 0.189 e. The first-order valence-corrected chi connectivity index (χ1v) is 5.95. The van der Waals surface area contributed by atoms with Gasteiger partial charge in [0.15, 0.2) is 5.16 Å². The zero-order valence-electron chi connectivity index (χ0n) is 8.56. The lowest BCUT2D eigenvalue weighted by Gasteiger charge is -2.11. The normalized spacial score (nSPS) is 19.7. The zero-order chi connectivity index (χ0) is 9.80. The molecule has 1 saturated heterocycles. The van der Waals surface area contributed by atoms with Crippen molar-refractivity contribution in [1.29, 1.82) is 0 Å². The van der Waals surface area contributed by atoms with Gasteiger partial charge in [0.2, 0.25) is 0 Å². The monoisotopic (exact) mass is 246 g/mol. The van der Waals surface area contributed by atoms with E-state index < -0.39 is 0 Å². The molecular formula is C9H15ClN4S. The Morgan fingerprint density at radius 3 is 3.13 bits per heavy atom. The molecule has 1 aromatic rings. The van der Waals surface area contributed by atoms with Crippen molar-refractivity contribution in [3.63, 3.8) is 0 Å². The van der Waals surface area contributed by atoms with Crippen molar-refractivity contribution in [2.75, 3.05) is 24.7 Å². The van der Waals surface area contributed by atoms with Gasteiger partial charge in [-0.1, -0.05) is 11.8 Å². The molecule has 1 aliphatic heterocycles. The second-order valence-corrected chi connectivity index (χ2v) is 4.04. The Morgan fingerprint density at radius 2 is 2.47 bits per heavy atom. The Kier molecular flexibility index (Phi) is 5.14. The minimum atomic E-state index is 0. The van der Waals surface area contributed by atoms with Gasteiger partial charge in [-0.25, -0.2) is 9.97 Å². The van der Waals surface area contributed by atoms with Gasteiger partial charge in [0.05, 0.1) is 0 Å². The van der Waals surface area contributed by atoms with Crippen LogP contribution in [-0.2, 0) is 0 Å². The molecule has 0 spiro atoms. The first-order chi connectivity index (χ1) is 6.88. The molecule has 15 heavy (non-hydrogen) atoms. The predicted molar refractivity (Wildman–Crippen MR) is 66.0 cm³/mol. The topological polar surface area (TPSA) is 49.8 Å². The van der Waals surface area contributed by atoms with Crippen molar-refractivity contribution in [3.8, 4) is 0 Å². The van der Waals surface area contributed by atoms with Gasteiger partial charge in [0, 0.05) is 18.8 Å². The Balaban J connectivity index is 0.00000112. The second-order valence-electron chi connectivity index (χ2n) is 3.26. The molecule has 0 aromatic carbocycles. The number of nitrogens with one attached hydrogen (secondary N) is 2. The van der Waals surface area contributed by atoms with Crippen molar-refractivity contribution >= 4 is 30.0 Å². The summed E-state index contributed by atoms with van der Waals surface area (Å²) in [7, 11) is 0. The highest BCUT2D eigenvalue weighted by atomic mass is 35.5. The molecule has 84 valence electrons. The first kappa shape index (κ1) is 12.5. The molecule has 2 heterocycles. The molecule has 1 aromatic heterocycles. The molecule has 1 aliphatic rings. The van der Waals surface area contributed by atoms with E-state index >= 15 is 0 Å². The minimum absolute atomic E-state index is 0. The molecule has 0 saturated carbocycles. The average Bonchev–Trinajstić information content (AvgIpc) is 2.71. The number of hydrogen-bond donors (Lipinski definition) is 2. The summed E-state index contributed by atoms with van der Waals surface area (Å²) in [5.74, 6) is 0.929. The van der Waals surface area contributed by atoms with E-state index in [0.717, 1.165) is 24.1 Å². The summed E-state index contributed by atoms with van der Waals surface area (Å²) in [4.78, 5) is 8.50. The highest BCUT2D eigenvalue weighted by Crippen LogP contribution is 2.12. The van der Waals surface area contributed by atoms with E-state index in [9.17, 15) is 0 Å². The van der Waals surface area contributed by atoms with Gasteiger partial charge in [0.1, 0.15) is 5.82 Å². The summed E-state index contributed by atoms with van der Waals surface area (Å²) >= 11 is 1.56. The predicted octanol–water partition coefficient (Wildman–Crippen LogP) is 1.39. The van der Waals surface area contributed by atoms with Gasteiger partial charge in [-0.15, -0.1) is 12.4 Å². The standard InChI is InChI=1S/C9H14N4S.ClH/c1-14-9-11-5-3-8(13-9)12-7-2-4-10-6-7;/h3,5,7,10H,2,4,6H2,1H3,(H,11,12,13);1H/t7-;/m1./s1. The molecule has 6 heteroatoms. The smallest absolute Gasteiger partial charge is 0.189 e. The van der Waals surface area contributed by atoms with Crippen LogP contribution in [0.15, 0.2) is 17.4 Å². The van der Waals surface area contributed by atoms with E-state index in [1.54, 1.807) is 18.0 Å². The van der Waals surface area contributed by atoms with Crippen molar-refractivity contribution < 1.29 is 0 Å². The van der Waals surface area contributed by atoms with Crippen LogP contribution in [0.3, 0.4) is 0 Å². The average molecular weight is 247 g/mol. The quantitative estimate of drug-likeness (QED) is 0.624. The Morgan fingerprint density at radius 1 is 1.60 bits per heavy atom. The van der Waals surface area contributed by atoms with Gasteiger partial charge in [-0.3, -0.25) is 0 Å². The van der Waals surface area contributed by atoms with Gasteiger partial charge in [0.25, 0.3) is 0 Å². The van der Waals surface area contributed by atoms with Crippen LogP contribution in [0.2, 0.25) is 0 Å². The second kappa shape index (κ2) is 6.15. The van der Waals surface area contributed by atoms with E-state index in [4.69, 9.17) is 0 Å². The number of anilines is 1. The SMILES string of the molecule is CSc1nccc(N[C@@H]2CCNC2)n1.Cl. The van der Waals surface area contributed by atoms with E-state index in [-0.39, 0.29) is 12.4 Å². The lowest BCUT2D eigenvalue weighted by atomic mass is 10.2. The number of rotatable bonds is 3. The largest absolute Gasteiger partial charge is 0.366 e. The Hall–Kier alpha value is -0.520. The van der Waals surface area contributed by atoms with Gasteiger partial charge in [-0.2, -0.15) is 0 Å². The summed E-state index contributed by atoms with van der Waals surface area (Å²) in [6, 6.07) is 2.43. The number of hydrogen-bond acceptors (Lipinski definition) is 5. The van der Waals surface area contributed by atoms with Gasteiger partial charge in [-0.05, 0) is 25.3 Å². The number of aromatic nitrogens is 2. The lowest BCUT2D eigenvalue weighted by molar-refractivity contribution is 0.781. The maximum absolute atomic E-state index is 4.37. The molecule has 0 radical (unpaired) electrons. The van der Waals surface area contributed by atoms with E-state index in [0.29, 0.717) is 6.04 Å². The first-order valence-electron chi connectivity index (χ1n) is 4.73. The highest BCUT2D eigenvalue weighted by molar-refractivity contribution is 7.98. The molecule has 0 unspecified atom stereocenters. The van der Waals surface area contributed by atoms with Crippen LogP contribution >= 0.6 is 24.2 Å². The van der Waals surface area contributed by atoms with Crippen molar-refractivity contribution in [2.24, 2.45) is 0 Å². The van der Waals surface area contributed by atoms with Crippen LogP contribution in [0.4, 0.5) is 5.82 Å². The van der Waals surface area contributed by atoms with Gasteiger partial charge >= 0.3 is 0 Å². The van der Waals surface area contributed by atoms with Crippen LogP contribution in [0.5, 0.6) is 0 Å². The summed E-state index contributed by atoms with van der Waals surface area (Å²) in [6.45, 7) is 2.12. The molecule has 0 bridgehead atoms. The number of thioether (sulfide) groups is 1. The third kappa shape index (κ3) is 3.52. The molecular weight excluding hydrogens is 232 g/mol. The van der Waals surface area contributed by atoms with Crippen LogP contribution < -0.4 is 10.6 Å². The molecule has 1 fully saturated rings. The molecule has 0 aliphatic carbocycles. The molecule has 4 nitrogen and oxygen atoms in total.